The van der Waals surface area contributed by atoms with Crippen molar-refractivity contribution in [2.24, 2.45) is 5.73 Å². The number of benzene rings is 2. The smallest absolute Gasteiger partial charge is 0.404 e. The minimum atomic E-state index is -0.688. The third-order valence-electron chi connectivity index (χ3n) is 5.78. The predicted octanol–water partition coefficient (Wildman–Crippen LogP) is 4.51. The van der Waals surface area contributed by atoms with Gasteiger partial charge >= 0.3 is 6.09 Å². The van der Waals surface area contributed by atoms with Crippen molar-refractivity contribution < 1.29 is 14.3 Å². The van der Waals surface area contributed by atoms with E-state index in [1.807, 2.05) is 24.3 Å². The van der Waals surface area contributed by atoms with Gasteiger partial charge in [-0.1, -0.05) is 28.1 Å². The number of rotatable bonds is 8. The molecular weight excluding hydrogens is 446 g/mol. The van der Waals surface area contributed by atoms with Gasteiger partial charge in [0.25, 0.3) is 0 Å². The molecule has 2 aromatic rings. The Kier molecular flexibility index (Phi) is 6.49. The number of primary amides is 1. The summed E-state index contributed by atoms with van der Waals surface area (Å²) in [6, 6.07) is 17.1. The molecule has 7 heteroatoms. The molecule has 2 aromatic carbocycles. The van der Waals surface area contributed by atoms with Crippen LogP contribution in [0.1, 0.15) is 31.7 Å². The summed E-state index contributed by atoms with van der Waals surface area (Å²) in [4.78, 5) is 15.9. The maximum atomic E-state index is 11.1. The van der Waals surface area contributed by atoms with E-state index in [0.717, 1.165) is 35.3 Å². The average Bonchev–Trinajstić information content (AvgIpc) is 3.46. The number of carbonyl (C=O) groups excluding carboxylic acids is 1. The first kappa shape index (κ1) is 21.0. The Bertz CT molecular complexity index is 855. The maximum Gasteiger partial charge on any atom is 0.404 e. The van der Waals surface area contributed by atoms with Crippen LogP contribution in [0.4, 0.5) is 10.5 Å². The molecule has 1 saturated heterocycles. The molecule has 4 rings (SSSR count). The van der Waals surface area contributed by atoms with Crippen molar-refractivity contribution in [2.75, 3.05) is 18.0 Å². The number of anilines is 1. The Labute approximate surface area is 186 Å². The monoisotopic (exact) mass is 473 g/mol. The Morgan fingerprint density at radius 2 is 1.87 bits per heavy atom. The van der Waals surface area contributed by atoms with Crippen molar-refractivity contribution in [3.05, 3.63) is 58.6 Å². The fourth-order valence-electron chi connectivity index (χ4n) is 4.08. The Morgan fingerprint density at radius 3 is 2.50 bits per heavy atom. The molecule has 0 bridgehead atoms. The Balaban J connectivity index is 1.38. The zero-order valence-corrected chi connectivity index (χ0v) is 18.8. The van der Waals surface area contributed by atoms with E-state index in [0.29, 0.717) is 12.6 Å². The van der Waals surface area contributed by atoms with E-state index in [-0.39, 0.29) is 12.3 Å². The second kappa shape index (κ2) is 9.27. The van der Waals surface area contributed by atoms with Crippen LogP contribution in [0.25, 0.3) is 0 Å². The van der Waals surface area contributed by atoms with Crippen LogP contribution in [0.2, 0.25) is 0 Å². The summed E-state index contributed by atoms with van der Waals surface area (Å²) in [5.74, 6) is 0.862. The van der Waals surface area contributed by atoms with Gasteiger partial charge in [0.2, 0.25) is 0 Å². The van der Waals surface area contributed by atoms with Crippen molar-refractivity contribution in [2.45, 2.75) is 51.1 Å². The maximum absolute atomic E-state index is 11.1. The van der Waals surface area contributed by atoms with Gasteiger partial charge in [-0.05, 0) is 68.1 Å². The summed E-state index contributed by atoms with van der Waals surface area (Å²) < 4.78 is 12.2. The van der Waals surface area contributed by atoms with Crippen molar-refractivity contribution in [1.29, 1.82) is 0 Å². The molecule has 2 atom stereocenters. The van der Waals surface area contributed by atoms with Crippen molar-refractivity contribution in [3.8, 4) is 5.75 Å². The van der Waals surface area contributed by atoms with Crippen LogP contribution >= 0.6 is 15.9 Å². The van der Waals surface area contributed by atoms with Gasteiger partial charge in [-0.2, -0.15) is 0 Å². The minimum Gasteiger partial charge on any atom is -0.489 e. The van der Waals surface area contributed by atoms with E-state index in [2.05, 4.69) is 56.9 Å². The molecular formula is C23H28BrN3O3. The zero-order valence-electron chi connectivity index (χ0n) is 17.2. The topological polar surface area (TPSA) is 68.0 Å². The summed E-state index contributed by atoms with van der Waals surface area (Å²) in [5.41, 5.74) is 7.51. The molecule has 30 heavy (non-hydrogen) atoms. The first-order chi connectivity index (χ1) is 14.5. The molecule has 0 aromatic heterocycles. The van der Waals surface area contributed by atoms with Crippen LogP contribution in [0.3, 0.4) is 0 Å². The molecule has 1 amide bonds. The fourth-order valence-corrected chi connectivity index (χ4v) is 4.34. The van der Waals surface area contributed by atoms with Crippen LogP contribution in [0, 0.1) is 0 Å². The van der Waals surface area contributed by atoms with E-state index < -0.39 is 6.09 Å². The van der Waals surface area contributed by atoms with Crippen LogP contribution in [-0.4, -0.2) is 42.4 Å². The highest BCUT2D eigenvalue weighted by atomic mass is 79.9. The summed E-state index contributed by atoms with van der Waals surface area (Å²) in [6.45, 7) is 4.39. The van der Waals surface area contributed by atoms with Gasteiger partial charge in [-0.3, -0.25) is 4.90 Å². The SMILES string of the molecule is C[C@H](N1CC[C@@H](OC(N)=O)C1)N(c1ccc(OCc2ccc(Br)cc2)cc1)C1CC1. The summed E-state index contributed by atoms with van der Waals surface area (Å²) >= 11 is 3.45. The van der Waals surface area contributed by atoms with E-state index >= 15 is 0 Å². The molecule has 0 unspecified atom stereocenters. The highest BCUT2D eigenvalue weighted by molar-refractivity contribution is 9.10. The van der Waals surface area contributed by atoms with Crippen LogP contribution in [-0.2, 0) is 11.3 Å². The summed E-state index contributed by atoms with van der Waals surface area (Å²) in [7, 11) is 0. The van der Waals surface area contributed by atoms with E-state index in [1.54, 1.807) is 0 Å². The zero-order chi connectivity index (χ0) is 21.1. The van der Waals surface area contributed by atoms with E-state index in [9.17, 15) is 4.79 Å². The lowest BCUT2D eigenvalue weighted by Crippen LogP contribution is -2.47. The fraction of sp³-hybridized carbons (Fsp3) is 0.435. The number of likely N-dealkylation sites (tertiary alicyclic amines) is 1. The van der Waals surface area contributed by atoms with Gasteiger partial charge in [0.15, 0.2) is 0 Å². The van der Waals surface area contributed by atoms with Crippen LogP contribution < -0.4 is 15.4 Å². The molecule has 160 valence electrons. The van der Waals surface area contributed by atoms with Crippen LogP contribution in [0.5, 0.6) is 5.75 Å². The molecule has 1 aliphatic carbocycles. The van der Waals surface area contributed by atoms with Crippen molar-refractivity contribution >= 4 is 27.7 Å². The largest absolute Gasteiger partial charge is 0.489 e. The van der Waals surface area contributed by atoms with Crippen LogP contribution in [0.15, 0.2) is 53.0 Å². The normalized spacial score (nSPS) is 20.0. The first-order valence-electron chi connectivity index (χ1n) is 10.5. The molecule has 1 aliphatic heterocycles. The summed E-state index contributed by atoms with van der Waals surface area (Å²) in [5, 5.41) is 0. The highest BCUT2D eigenvalue weighted by Crippen LogP contribution is 2.36. The molecule has 1 saturated carbocycles. The number of hydrogen-bond acceptors (Lipinski definition) is 5. The van der Waals surface area contributed by atoms with Gasteiger partial charge in [0.1, 0.15) is 18.5 Å². The van der Waals surface area contributed by atoms with Gasteiger partial charge in [0.05, 0.1) is 6.17 Å². The lowest BCUT2D eigenvalue weighted by atomic mass is 10.2. The second-order valence-electron chi connectivity index (χ2n) is 8.02. The van der Waals surface area contributed by atoms with Crippen molar-refractivity contribution in [1.82, 2.24) is 4.90 Å². The highest BCUT2D eigenvalue weighted by Gasteiger charge is 2.37. The summed E-state index contributed by atoms with van der Waals surface area (Å²) in [6.07, 6.45) is 2.68. The molecule has 2 aliphatic rings. The van der Waals surface area contributed by atoms with Crippen molar-refractivity contribution in [3.63, 3.8) is 0 Å². The van der Waals surface area contributed by atoms with E-state index in [4.69, 9.17) is 15.2 Å². The van der Waals surface area contributed by atoms with Gasteiger partial charge < -0.3 is 20.1 Å². The number of halogens is 1. The van der Waals surface area contributed by atoms with Gasteiger partial charge in [0, 0.05) is 29.3 Å². The molecule has 0 spiro atoms. The quantitative estimate of drug-likeness (QED) is 0.610. The van der Waals surface area contributed by atoms with Gasteiger partial charge in [-0.15, -0.1) is 0 Å². The third-order valence-corrected chi connectivity index (χ3v) is 6.31. The first-order valence-corrected chi connectivity index (χ1v) is 11.2. The number of carbonyl (C=O) groups is 1. The number of ether oxygens (including phenoxy) is 2. The molecule has 1 heterocycles. The standard InChI is InChI=1S/C23H28BrN3O3/c1-16(26-13-12-22(14-26)30-23(25)28)27(19-6-7-19)20-8-10-21(11-9-20)29-15-17-2-4-18(24)5-3-17/h2-5,8-11,16,19,22H,6-7,12-15H2,1H3,(H2,25,28)/t16-,22-/m1/s1. The third kappa shape index (κ3) is 5.26. The number of nitrogens with two attached hydrogens (primary N) is 1. The number of amides is 1. The predicted molar refractivity (Wildman–Crippen MR) is 121 cm³/mol. The lowest BCUT2D eigenvalue weighted by Gasteiger charge is -2.37. The number of nitrogens with zero attached hydrogens (tertiary/aromatic N) is 2. The van der Waals surface area contributed by atoms with Gasteiger partial charge in [-0.25, -0.2) is 4.79 Å². The second-order valence-corrected chi connectivity index (χ2v) is 8.94. The molecule has 6 nitrogen and oxygen atoms in total. The molecule has 0 radical (unpaired) electrons. The van der Waals surface area contributed by atoms with E-state index in [1.165, 1.54) is 18.5 Å². The molecule has 2 fully saturated rings. The lowest BCUT2D eigenvalue weighted by molar-refractivity contribution is 0.105. The molecule has 2 N–H and O–H groups in total. The minimum absolute atomic E-state index is 0.111. The average molecular weight is 474 g/mol. The Hall–Kier alpha value is -2.25. The number of hydrogen-bond donors (Lipinski definition) is 1. The Morgan fingerprint density at radius 1 is 1.17 bits per heavy atom.